The minimum Gasteiger partial charge on any atom is -0.480 e. The summed E-state index contributed by atoms with van der Waals surface area (Å²) in [6.07, 6.45) is 0. The van der Waals surface area contributed by atoms with Gasteiger partial charge in [0.1, 0.15) is 5.54 Å². The van der Waals surface area contributed by atoms with Crippen LogP contribution in [-0.2, 0) is 14.6 Å². The van der Waals surface area contributed by atoms with Crippen molar-refractivity contribution in [3.8, 4) is 0 Å². The summed E-state index contributed by atoms with van der Waals surface area (Å²) in [6, 6.07) is 0. The second kappa shape index (κ2) is 4.68. The van der Waals surface area contributed by atoms with Crippen LogP contribution in [0.25, 0.3) is 0 Å². The Morgan fingerprint density at radius 1 is 1.44 bits per heavy atom. The number of aliphatic carboxylic acids is 1. The Kier molecular flexibility index (Phi) is 3.92. The van der Waals surface area contributed by atoms with Crippen LogP contribution >= 0.6 is 0 Å². The van der Waals surface area contributed by atoms with Crippen molar-refractivity contribution in [2.75, 3.05) is 38.2 Å². The Balaban J connectivity index is 2.59. The molecular formula is C9H18N2O4S. The fraction of sp³-hybridized carbons (Fsp3) is 0.889. The minimum absolute atomic E-state index is 0.117. The monoisotopic (exact) mass is 250 g/mol. The summed E-state index contributed by atoms with van der Waals surface area (Å²) in [6.45, 7) is 2.73. The highest BCUT2D eigenvalue weighted by Crippen LogP contribution is 2.10. The van der Waals surface area contributed by atoms with E-state index < -0.39 is 21.3 Å². The Morgan fingerprint density at radius 2 is 1.94 bits per heavy atom. The lowest BCUT2D eigenvalue weighted by Crippen LogP contribution is -2.57. The summed E-state index contributed by atoms with van der Waals surface area (Å²) < 4.78 is 22.4. The molecule has 0 aromatic rings. The zero-order valence-electron chi connectivity index (χ0n) is 9.56. The molecule has 0 bridgehead atoms. The van der Waals surface area contributed by atoms with Crippen LogP contribution in [0.15, 0.2) is 0 Å². The van der Waals surface area contributed by atoms with Crippen LogP contribution in [-0.4, -0.2) is 68.1 Å². The van der Waals surface area contributed by atoms with E-state index in [2.05, 4.69) is 5.32 Å². The van der Waals surface area contributed by atoms with E-state index in [1.165, 1.54) is 0 Å². The number of sulfone groups is 1. The van der Waals surface area contributed by atoms with Crippen LogP contribution in [0.2, 0.25) is 0 Å². The quantitative estimate of drug-likeness (QED) is 0.650. The third kappa shape index (κ3) is 3.16. The van der Waals surface area contributed by atoms with Gasteiger partial charge < -0.3 is 10.4 Å². The summed E-state index contributed by atoms with van der Waals surface area (Å²) in [5, 5.41) is 11.8. The maximum Gasteiger partial charge on any atom is 0.324 e. The van der Waals surface area contributed by atoms with Crippen LogP contribution in [0.5, 0.6) is 0 Å². The second-order valence-electron chi connectivity index (χ2n) is 4.32. The third-order valence-corrected chi connectivity index (χ3v) is 4.61. The van der Waals surface area contributed by atoms with E-state index >= 15 is 0 Å². The van der Waals surface area contributed by atoms with Gasteiger partial charge in [-0.3, -0.25) is 9.69 Å². The molecular weight excluding hydrogens is 232 g/mol. The predicted octanol–water partition coefficient (Wildman–Crippen LogP) is -1.22. The molecule has 1 fully saturated rings. The van der Waals surface area contributed by atoms with E-state index in [0.29, 0.717) is 19.6 Å². The van der Waals surface area contributed by atoms with Gasteiger partial charge in [0.2, 0.25) is 0 Å². The summed E-state index contributed by atoms with van der Waals surface area (Å²) in [5.41, 5.74) is -1.03. The van der Waals surface area contributed by atoms with E-state index in [0.717, 1.165) is 0 Å². The summed E-state index contributed by atoms with van der Waals surface area (Å²) in [7, 11) is -1.32. The van der Waals surface area contributed by atoms with Gasteiger partial charge in [-0.15, -0.1) is 0 Å². The molecule has 1 aliphatic heterocycles. The number of carboxylic acids is 1. The van der Waals surface area contributed by atoms with Gasteiger partial charge in [-0.05, 0) is 14.0 Å². The second-order valence-corrected chi connectivity index (χ2v) is 6.62. The van der Waals surface area contributed by atoms with Crippen molar-refractivity contribution >= 4 is 15.8 Å². The van der Waals surface area contributed by atoms with Crippen molar-refractivity contribution in [3.05, 3.63) is 0 Å². The maximum atomic E-state index is 11.2. The maximum absolute atomic E-state index is 11.2. The standard InChI is InChI=1S/C9H18N2O4S/c1-9(10-2,8(12)13)7-11-3-5-16(14,15)6-4-11/h10H,3-7H2,1-2H3,(H,12,13). The van der Waals surface area contributed by atoms with Gasteiger partial charge in [0.05, 0.1) is 11.5 Å². The Bertz CT molecular complexity index is 354. The van der Waals surface area contributed by atoms with Crippen molar-refractivity contribution in [3.63, 3.8) is 0 Å². The first kappa shape index (κ1) is 13.4. The van der Waals surface area contributed by atoms with Gasteiger partial charge in [-0.1, -0.05) is 0 Å². The molecule has 0 amide bonds. The molecule has 1 heterocycles. The van der Waals surface area contributed by atoms with Gasteiger partial charge in [0.25, 0.3) is 0 Å². The SMILES string of the molecule is CNC(C)(CN1CCS(=O)(=O)CC1)C(=O)O. The first-order chi connectivity index (χ1) is 7.29. The highest BCUT2D eigenvalue weighted by molar-refractivity contribution is 7.91. The molecule has 0 spiro atoms. The van der Waals surface area contributed by atoms with E-state index in [-0.39, 0.29) is 11.5 Å². The molecule has 16 heavy (non-hydrogen) atoms. The number of nitrogens with one attached hydrogen (secondary N) is 1. The number of hydrogen-bond acceptors (Lipinski definition) is 5. The Morgan fingerprint density at radius 3 is 2.31 bits per heavy atom. The summed E-state index contributed by atoms with van der Waals surface area (Å²) in [5.74, 6) is -0.692. The van der Waals surface area contributed by atoms with E-state index in [4.69, 9.17) is 5.11 Å². The number of likely N-dealkylation sites (N-methyl/N-ethyl adjacent to an activating group) is 1. The van der Waals surface area contributed by atoms with Gasteiger partial charge in [-0.2, -0.15) is 0 Å². The predicted molar refractivity (Wildman–Crippen MR) is 60.2 cm³/mol. The van der Waals surface area contributed by atoms with Crippen molar-refractivity contribution in [1.82, 2.24) is 10.2 Å². The zero-order valence-corrected chi connectivity index (χ0v) is 10.4. The number of rotatable bonds is 4. The van der Waals surface area contributed by atoms with E-state index in [9.17, 15) is 13.2 Å². The molecule has 7 heteroatoms. The van der Waals surface area contributed by atoms with Crippen LogP contribution in [0.1, 0.15) is 6.92 Å². The molecule has 6 nitrogen and oxygen atoms in total. The van der Waals surface area contributed by atoms with Crippen molar-refractivity contribution in [2.24, 2.45) is 0 Å². The molecule has 1 aliphatic rings. The van der Waals surface area contributed by atoms with Crippen molar-refractivity contribution in [1.29, 1.82) is 0 Å². The highest BCUT2D eigenvalue weighted by atomic mass is 32.2. The third-order valence-electron chi connectivity index (χ3n) is 3.00. The molecule has 0 aromatic heterocycles. The topological polar surface area (TPSA) is 86.7 Å². The molecule has 0 aliphatic carbocycles. The molecule has 94 valence electrons. The van der Waals surface area contributed by atoms with Crippen molar-refractivity contribution in [2.45, 2.75) is 12.5 Å². The fourth-order valence-electron chi connectivity index (χ4n) is 1.61. The normalized spacial score (nSPS) is 24.9. The molecule has 1 saturated heterocycles. The molecule has 0 aromatic carbocycles. The van der Waals surface area contributed by atoms with E-state index in [1.54, 1.807) is 14.0 Å². The number of carbonyl (C=O) groups is 1. The first-order valence-corrected chi connectivity index (χ1v) is 6.96. The molecule has 1 unspecified atom stereocenters. The lowest BCUT2D eigenvalue weighted by Gasteiger charge is -2.34. The van der Waals surface area contributed by atoms with Crippen LogP contribution in [0, 0.1) is 0 Å². The number of carboxylic acid groups (broad SMARTS) is 1. The van der Waals surface area contributed by atoms with E-state index in [1.807, 2.05) is 4.90 Å². The fourth-order valence-corrected chi connectivity index (χ4v) is 2.89. The highest BCUT2D eigenvalue weighted by Gasteiger charge is 2.35. The summed E-state index contributed by atoms with van der Waals surface area (Å²) in [4.78, 5) is 12.9. The van der Waals surface area contributed by atoms with Crippen LogP contribution in [0.4, 0.5) is 0 Å². The largest absolute Gasteiger partial charge is 0.480 e. The van der Waals surface area contributed by atoms with Gasteiger partial charge >= 0.3 is 5.97 Å². The molecule has 1 atom stereocenters. The summed E-state index contributed by atoms with van der Waals surface area (Å²) >= 11 is 0. The van der Waals surface area contributed by atoms with Crippen LogP contribution in [0.3, 0.4) is 0 Å². The number of hydrogen-bond donors (Lipinski definition) is 2. The smallest absolute Gasteiger partial charge is 0.324 e. The first-order valence-electron chi connectivity index (χ1n) is 5.14. The van der Waals surface area contributed by atoms with Gasteiger partial charge in [-0.25, -0.2) is 8.42 Å². The molecule has 0 saturated carbocycles. The van der Waals surface area contributed by atoms with Crippen molar-refractivity contribution < 1.29 is 18.3 Å². The lowest BCUT2D eigenvalue weighted by atomic mass is 10.0. The van der Waals surface area contributed by atoms with Crippen LogP contribution < -0.4 is 5.32 Å². The number of nitrogens with zero attached hydrogens (tertiary/aromatic N) is 1. The average Bonchev–Trinajstić information content (AvgIpc) is 2.21. The molecule has 1 rings (SSSR count). The zero-order chi connectivity index (χ0) is 12.4. The minimum atomic E-state index is -2.91. The Hall–Kier alpha value is -0.660. The average molecular weight is 250 g/mol. The van der Waals surface area contributed by atoms with Gasteiger partial charge in [0.15, 0.2) is 9.84 Å². The lowest BCUT2D eigenvalue weighted by molar-refractivity contribution is -0.144. The van der Waals surface area contributed by atoms with Gasteiger partial charge in [0, 0.05) is 19.6 Å². The Labute approximate surface area is 95.5 Å². The molecule has 2 N–H and O–H groups in total. The molecule has 0 radical (unpaired) electrons.